The van der Waals surface area contributed by atoms with Gasteiger partial charge in [-0.25, -0.2) is 0 Å². The predicted molar refractivity (Wildman–Crippen MR) is 247 cm³/mol. The van der Waals surface area contributed by atoms with Gasteiger partial charge in [-0.1, -0.05) is 184 Å². The molecule has 0 aliphatic carbocycles. The molecule has 0 amide bonds. The molecule has 0 aromatic rings. The van der Waals surface area contributed by atoms with Gasteiger partial charge in [0.2, 0.25) is 0 Å². The summed E-state index contributed by atoms with van der Waals surface area (Å²) in [5, 5.41) is 0. The molecule has 0 aliphatic heterocycles. The number of hydrogen-bond acceptors (Lipinski definition) is 6. The fraction of sp³-hybridized carbons (Fsp3) is 0.712. The largest absolute Gasteiger partial charge is 0.462 e. The van der Waals surface area contributed by atoms with Gasteiger partial charge in [-0.2, -0.15) is 0 Å². The van der Waals surface area contributed by atoms with E-state index in [1.165, 1.54) is 70.6 Å². The van der Waals surface area contributed by atoms with Crippen molar-refractivity contribution in [2.24, 2.45) is 0 Å². The van der Waals surface area contributed by atoms with Crippen LogP contribution in [0.5, 0.6) is 0 Å². The summed E-state index contributed by atoms with van der Waals surface area (Å²) in [6.45, 7) is 6.43. The number of carbonyl (C=O) groups excluding carboxylic acids is 3. The highest BCUT2D eigenvalue weighted by Crippen LogP contribution is 2.13. The molecule has 58 heavy (non-hydrogen) atoms. The van der Waals surface area contributed by atoms with Gasteiger partial charge < -0.3 is 14.2 Å². The van der Waals surface area contributed by atoms with Crippen LogP contribution >= 0.6 is 0 Å². The van der Waals surface area contributed by atoms with Crippen molar-refractivity contribution < 1.29 is 28.6 Å². The van der Waals surface area contributed by atoms with Gasteiger partial charge >= 0.3 is 17.9 Å². The summed E-state index contributed by atoms with van der Waals surface area (Å²) in [7, 11) is 0. The Morgan fingerprint density at radius 1 is 0.362 bits per heavy atom. The molecule has 1 atom stereocenters. The third-order valence-electron chi connectivity index (χ3n) is 9.95. The Bertz CT molecular complexity index is 1110. The number of rotatable bonds is 42. The first kappa shape index (κ1) is 54.9. The van der Waals surface area contributed by atoms with E-state index in [0.29, 0.717) is 19.3 Å². The van der Waals surface area contributed by atoms with Crippen LogP contribution in [-0.4, -0.2) is 37.2 Å². The lowest BCUT2D eigenvalue weighted by atomic mass is 10.1. The third-order valence-corrected chi connectivity index (χ3v) is 9.95. The van der Waals surface area contributed by atoms with Gasteiger partial charge in [-0.05, 0) is 89.9 Å². The summed E-state index contributed by atoms with van der Waals surface area (Å²) in [5.74, 6) is -0.938. The number of carbonyl (C=O) groups is 3. The van der Waals surface area contributed by atoms with Crippen LogP contribution in [0.3, 0.4) is 0 Å². The molecule has 0 N–H and O–H groups in total. The second kappa shape index (κ2) is 46.5. The van der Waals surface area contributed by atoms with E-state index in [2.05, 4.69) is 93.7 Å². The summed E-state index contributed by atoms with van der Waals surface area (Å²) in [4.78, 5) is 37.7. The normalized spacial score (nSPS) is 12.7. The number of unbranched alkanes of at least 4 members (excludes halogenated alkanes) is 19. The standard InChI is InChI=1S/C52H88O6/c1-4-7-10-13-16-19-21-23-24-25-26-27-28-29-31-33-36-39-42-45-51(54)57-48-49(47-56-50(53)44-41-38-35-32-18-15-12-9-6-3)58-52(55)46-43-40-37-34-30-22-20-17-14-11-8-5-2/h7,10,16-17,19-20,23-24,26-27,29,31,49H,4-6,8-9,11-15,18,21-22,25,28,30,32-48H2,1-3H3/b10-7-,19-16-,20-17-,24-23-,27-26-,31-29-. The average molecular weight is 809 g/mol. The Labute approximate surface area is 357 Å². The van der Waals surface area contributed by atoms with Crippen LogP contribution in [-0.2, 0) is 28.6 Å². The van der Waals surface area contributed by atoms with Crippen molar-refractivity contribution in [3.63, 3.8) is 0 Å². The maximum atomic E-state index is 12.7. The summed E-state index contributed by atoms with van der Waals surface area (Å²) in [5.41, 5.74) is 0. The first-order chi connectivity index (χ1) is 28.5. The summed E-state index contributed by atoms with van der Waals surface area (Å²) in [6.07, 6.45) is 57.4. The Hall–Kier alpha value is -3.15. The zero-order valence-electron chi connectivity index (χ0n) is 37.8. The van der Waals surface area contributed by atoms with Gasteiger partial charge in [-0.15, -0.1) is 0 Å². The van der Waals surface area contributed by atoms with Crippen molar-refractivity contribution in [3.05, 3.63) is 72.9 Å². The molecule has 0 bridgehead atoms. The minimum absolute atomic E-state index is 0.0888. The summed E-state index contributed by atoms with van der Waals surface area (Å²) in [6, 6.07) is 0. The Balaban J connectivity index is 4.40. The highest BCUT2D eigenvalue weighted by Gasteiger charge is 2.19. The molecular weight excluding hydrogens is 721 g/mol. The summed E-state index contributed by atoms with van der Waals surface area (Å²) >= 11 is 0. The molecule has 1 unspecified atom stereocenters. The lowest BCUT2D eigenvalue weighted by Gasteiger charge is -2.18. The van der Waals surface area contributed by atoms with Gasteiger partial charge in [0.25, 0.3) is 0 Å². The molecule has 0 saturated carbocycles. The number of esters is 3. The number of hydrogen-bond donors (Lipinski definition) is 0. The Morgan fingerprint density at radius 2 is 0.672 bits per heavy atom. The van der Waals surface area contributed by atoms with E-state index in [9.17, 15) is 14.4 Å². The van der Waals surface area contributed by atoms with E-state index >= 15 is 0 Å². The van der Waals surface area contributed by atoms with Crippen LogP contribution < -0.4 is 0 Å². The molecule has 6 nitrogen and oxygen atoms in total. The van der Waals surface area contributed by atoms with Crippen LogP contribution in [0.1, 0.15) is 220 Å². The molecule has 0 aromatic heterocycles. The zero-order chi connectivity index (χ0) is 42.3. The van der Waals surface area contributed by atoms with Crippen molar-refractivity contribution in [1.29, 1.82) is 0 Å². The highest BCUT2D eigenvalue weighted by atomic mass is 16.6. The molecule has 0 radical (unpaired) electrons. The molecule has 332 valence electrons. The van der Waals surface area contributed by atoms with Crippen LogP contribution in [0.25, 0.3) is 0 Å². The van der Waals surface area contributed by atoms with E-state index in [1.54, 1.807) is 0 Å². The van der Waals surface area contributed by atoms with E-state index in [0.717, 1.165) is 109 Å². The molecule has 0 saturated heterocycles. The first-order valence-corrected chi connectivity index (χ1v) is 23.9. The monoisotopic (exact) mass is 809 g/mol. The minimum Gasteiger partial charge on any atom is -0.462 e. The fourth-order valence-corrected chi connectivity index (χ4v) is 6.34. The molecule has 6 heteroatoms. The Morgan fingerprint density at radius 3 is 1.12 bits per heavy atom. The van der Waals surface area contributed by atoms with Gasteiger partial charge in [-0.3, -0.25) is 14.4 Å². The molecule has 0 aromatic carbocycles. The molecule has 0 heterocycles. The van der Waals surface area contributed by atoms with Crippen LogP contribution in [0, 0.1) is 0 Å². The van der Waals surface area contributed by atoms with Crippen LogP contribution in [0.2, 0.25) is 0 Å². The number of allylic oxidation sites excluding steroid dienone is 12. The molecule has 0 fully saturated rings. The fourth-order valence-electron chi connectivity index (χ4n) is 6.34. The topological polar surface area (TPSA) is 78.9 Å². The average Bonchev–Trinajstić information content (AvgIpc) is 3.22. The van der Waals surface area contributed by atoms with Gasteiger partial charge in [0.15, 0.2) is 6.10 Å². The van der Waals surface area contributed by atoms with Crippen molar-refractivity contribution in [2.45, 2.75) is 226 Å². The van der Waals surface area contributed by atoms with E-state index in [4.69, 9.17) is 14.2 Å². The maximum absolute atomic E-state index is 12.7. The van der Waals surface area contributed by atoms with Crippen molar-refractivity contribution in [2.75, 3.05) is 13.2 Å². The minimum atomic E-state index is -0.789. The molecule has 0 aliphatic rings. The second-order valence-corrected chi connectivity index (χ2v) is 15.6. The SMILES string of the molecule is CC/C=C\C/C=C\C/C=C\C/C=C\C/C=C\CCCCCC(=O)OCC(COC(=O)CCCCCCCCCCC)OC(=O)CCCCCCC/C=C\CCCCC. The molecule has 0 spiro atoms. The first-order valence-electron chi connectivity index (χ1n) is 23.9. The lowest BCUT2D eigenvalue weighted by molar-refractivity contribution is -0.167. The molecular formula is C52H88O6. The van der Waals surface area contributed by atoms with Gasteiger partial charge in [0, 0.05) is 19.3 Å². The number of ether oxygens (including phenoxy) is 3. The highest BCUT2D eigenvalue weighted by molar-refractivity contribution is 5.71. The van der Waals surface area contributed by atoms with Crippen molar-refractivity contribution in [1.82, 2.24) is 0 Å². The van der Waals surface area contributed by atoms with Gasteiger partial charge in [0.1, 0.15) is 13.2 Å². The summed E-state index contributed by atoms with van der Waals surface area (Å²) < 4.78 is 16.7. The van der Waals surface area contributed by atoms with Gasteiger partial charge in [0.05, 0.1) is 0 Å². The van der Waals surface area contributed by atoms with E-state index < -0.39 is 6.10 Å². The van der Waals surface area contributed by atoms with E-state index in [1.807, 2.05) is 0 Å². The van der Waals surface area contributed by atoms with Crippen LogP contribution in [0.15, 0.2) is 72.9 Å². The molecule has 0 rings (SSSR count). The Kier molecular flexibility index (Phi) is 44.0. The third kappa shape index (κ3) is 44.0. The van der Waals surface area contributed by atoms with Crippen LogP contribution in [0.4, 0.5) is 0 Å². The maximum Gasteiger partial charge on any atom is 0.306 e. The smallest absolute Gasteiger partial charge is 0.306 e. The van der Waals surface area contributed by atoms with Crippen molar-refractivity contribution in [3.8, 4) is 0 Å². The predicted octanol–water partition coefficient (Wildman–Crippen LogP) is 15.5. The van der Waals surface area contributed by atoms with E-state index in [-0.39, 0.29) is 31.1 Å². The quantitative estimate of drug-likeness (QED) is 0.0264. The second-order valence-electron chi connectivity index (χ2n) is 15.6. The van der Waals surface area contributed by atoms with Crippen molar-refractivity contribution >= 4 is 17.9 Å². The lowest BCUT2D eigenvalue weighted by Crippen LogP contribution is -2.30. The zero-order valence-corrected chi connectivity index (χ0v) is 37.8.